The molecule has 3 aromatic carbocycles. The Bertz CT molecular complexity index is 1430. The lowest BCUT2D eigenvalue weighted by molar-refractivity contribution is -0.137. The molecule has 0 saturated heterocycles. The van der Waals surface area contributed by atoms with E-state index >= 15 is 0 Å². The molecule has 3 atom stereocenters. The zero-order valence-electron chi connectivity index (χ0n) is 24.4. The monoisotopic (exact) mass is 541 g/mol. The van der Waals surface area contributed by atoms with Crippen molar-refractivity contribution in [2.45, 2.75) is 72.6 Å². The van der Waals surface area contributed by atoms with Crippen LogP contribution in [-0.4, -0.2) is 34.5 Å². The van der Waals surface area contributed by atoms with Gasteiger partial charge in [0, 0.05) is 11.7 Å². The van der Waals surface area contributed by atoms with E-state index in [-0.39, 0.29) is 5.92 Å². The van der Waals surface area contributed by atoms with Gasteiger partial charge in [-0.15, -0.1) is 0 Å². The van der Waals surface area contributed by atoms with Crippen LogP contribution in [0.15, 0.2) is 60.7 Å². The van der Waals surface area contributed by atoms with Crippen LogP contribution in [0.25, 0.3) is 10.8 Å². The normalized spacial score (nSPS) is 13.4. The number of hydrogen-bond acceptors (Lipinski definition) is 4. The lowest BCUT2D eigenvalue weighted by Gasteiger charge is -2.32. The number of carbonyl (C=O) groups excluding carboxylic acids is 3. The van der Waals surface area contributed by atoms with Crippen molar-refractivity contribution >= 4 is 34.4 Å². The fourth-order valence-electron chi connectivity index (χ4n) is 4.36. The lowest BCUT2D eigenvalue weighted by Crippen LogP contribution is -2.53. The van der Waals surface area contributed by atoms with Crippen molar-refractivity contribution in [3.8, 4) is 12.5 Å². The van der Waals surface area contributed by atoms with E-state index in [4.69, 9.17) is 11.2 Å². The largest absolute Gasteiger partial charge is 0.444 e. The number of ether oxygens (including phenoxy) is 1. The molecule has 3 unspecified atom stereocenters. The molecule has 0 spiro atoms. The molecule has 2 N–H and O–H groups in total. The maximum absolute atomic E-state index is 14.0. The average Bonchev–Trinajstić information content (AvgIpc) is 2.90. The molecule has 7 nitrogen and oxygen atoms in total. The highest BCUT2D eigenvalue weighted by Gasteiger charge is 2.38. The van der Waals surface area contributed by atoms with Gasteiger partial charge in [-0.2, -0.15) is 0 Å². The molecular weight excluding hydrogens is 502 g/mol. The van der Waals surface area contributed by atoms with Gasteiger partial charge in [-0.25, -0.2) is 4.79 Å². The minimum absolute atomic E-state index is 0.278. The van der Waals surface area contributed by atoms with Crippen LogP contribution in [0.4, 0.5) is 10.5 Å². The number of aryl methyl sites for hydroxylation is 2. The van der Waals surface area contributed by atoms with Crippen LogP contribution in [-0.2, 0) is 14.3 Å². The summed E-state index contributed by atoms with van der Waals surface area (Å²) in [6.07, 6.45) is 5.78. The van der Waals surface area contributed by atoms with Crippen molar-refractivity contribution in [1.29, 1.82) is 0 Å². The van der Waals surface area contributed by atoms with Crippen LogP contribution < -0.4 is 10.6 Å². The summed E-state index contributed by atoms with van der Waals surface area (Å²) >= 11 is 0. The minimum Gasteiger partial charge on any atom is -0.444 e. The number of benzene rings is 3. The Labute approximate surface area is 237 Å². The number of hydrogen-bond donors (Lipinski definition) is 2. The van der Waals surface area contributed by atoms with E-state index in [1.165, 1.54) is 0 Å². The zero-order chi connectivity index (χ0) is 29.6. The molecular formula is C33H39N3O4. The first-order valence-corrected chi connectivity index (χ1v) is 13.5. The second-order valence-corrected chi connectivity index (χ2v) is 11.1. The number of nitrogens with zero attached hydrogens (tertiary/aromatic N) is 1. The Morgan fingerprint density at radius 1 is 0.975 bits per heavy atom. The summed E-state index contributed by atoms with van der Waals surface area (Å²) in [6.45, 7) is 12.9. The smallest absolute Gasteiger partial charge is 0.408 e. The highest BCUT2D eigenvalue weighted by Crippen LogP contribution is 2.28. The van der Waals surface area contributed by atoms with Crippen LogP contribution in [0.3, 0.4) is 0 Å². The summed E-state index contributed by atoms with van der Waals surface area (Å²) in [4.78, 5) is 41.7. The van der Waals surface area contributed by atoms with Crippen molar-refractivity contribution < 1.29 is 19.1 Å². The maximum Gasteiger partial charge on any atom is 0.408 e. The van der Waals surface area contributed by atoms with Crippen molar-refractivity contribution in [3.05, 3.63) is 77.4 Å². The molecule has 0 bridgehead atoms. The molecule has 0 aliphatic heterocycles. The first kappa shape index (κ1) is 30.2. The standard InChI is InChI=1S/C33H39N3O4/c1-9-21(3)28(35-32(39)40-33(6,7)8)31(38)36(10-2)29(26-16-15-22(4)23(5)19-26)30(37)34-27-18-17-24-13-11-12-14-25(24)20-27/h2,11-21,28-29H,9H2,1,3-8H3,(H,34,37)(H,35,39). The first-order chi connectivity index (χ1) is 18.8. The van der Waals surface area contributed by atoms with Gasteiger partial charge in [-0.05, 0) is 80.1 Å². The van der Waals surface area contributed by atoms with Crippen molar-refractivity contribution in [1.82, 2.24) is 10.2 Å². The summed E-state index contributed by atoms with van der Waals surface area (Å²) in [5.41, 5.74) is 2.39. The van der Waals surface area contributed by atoms with Gasteiger partial charge in [0.2, 0.25) is 0 Å². The van der Waals surface area contributed by atoms with Crippen molar-refractivity contribution in [2.24, 2.45) is 5.92 Å². The lowest BCUT2D eigenvalue weighted by atomic mass is 9.95. The molecule has 0 aromatic heterocycles. The van der Waals surface area contributed by atoms with Crippen LogP contribution >= 0.6 is 0 Å². The maximum atomic E-state index is 14.0. The number of carbonyl (C=O) groups is 3. The van der Waals surface area contributed by atoms with Crippen LogP contribution in [0.5, 0.6) is 0 Å². The second-order valence-electron chi connectivity index (χ2n) is 11.1. The van der Waals surface area contributed by atoms with Crippen molar-refractivity contribution in [2.75, 3.05) is 5.32 Å². The molecule has 210 valence electrons. The van der Waals surface area contributed by atoms with E-state index in [1.54, 1.807) is 26.8 Å². The highest BCUT2D eigenvalue weighted by atomic mass is 16.6. The Balaban J connectivity index is 2.02. The van der Waals surface area contributed by atoms with Crippen LogP contribution in [0.1, 0.15) is 63.8 Å². The van der Waals surface area contributed by atoms with E-state index in [0.717, 1.165) is 26.8 Å². The van der Waals surface area contributed by atoms with Gasteiger partial charge in [-0.3, -0.25) is 14.5 Å². The molecule has 0 aliphatic rings. The number of fused-ring (bicyclic) bond motifs is 1. The summed E-state index contributed by atoms with van der Waals surface area (Å²) in [5, 5.41) is 7.65. The molecule has 0 aliphatic carbocycles. The molecule has 0 heterocycles. The van der Waals surface area contributed by atoms with E-state index in [9.17, 15) is 14.4 Å². The molecule has 0 saturated carbocycles. The van der Waals surface area contributed by atoms with Crippen LogP contribution in [0.2, 0.25) is 0 Å². The predicted octanol–water partition coefficient (Wildman–Crippen LogP) is 6.50. The predicted molar refractivity (Wildman–Crippen MR) is 160 cm³/mol. The summed E-state index contributed by atoms with van der Waals surface area (Å²) in [7, 11) is 0. The van der Waals surface area contributed by atoms with Crippen LogP contribution in [0, 0.1) is 32.2 Å². The molecule has 40 heavy (non-hydrogen) atoms. The number of amides is 3. The quantitative estimate of drug-likeness (QED) is 0.252. The number of nitrogens with one attached hydrogen (secondary N) is 2. The topological polar surface area (TPSA) is 87.7 Å². The van der Waals surface area contributed by atoms with Gasteiger partial charge in [-0.1, -0.05) is 75.2 Å². The number of alkyl carbamates (subject to hydrolysis) is 1. The third-order valence-corrected chi connectivity index (χ3v) is 6.90. The Morgan fingerprint density at radius 3 is 2.25 bits per heavy atom. The van der Waals surface area contributed by atoms with E-state index in [0.29, 0.717) is 17.7 Å². The summed E-state index contributed by atoms with van der Waals surface area (Å²) in [5.74, 6) is -1.32. The fourth-order valence-corrected chi connectivity index (χ4v) is 4.36. The van der Waals surface area contributed by atoms with Gasteiger partial charge >= 0.3 is 6.09 Å². The van der Waals surface area contributed by atoms with Gasteiger partial charge < -0.3 is 15.4 Å². The van der Waals surface area contributed by atoms with Gasteiger partial charge in [0.15, 0.2) is 0 Å². The molecule has 0 fully saturated rings. The highest BCUT2D eigenvalue weighted by molar-refractivity contribution is 6.01. The molecule has 3 amide bonds. The Kier molecular flexibility index (Phi) is 9.60. The molecule has 0 radical (unpaired) electrons. The van der Waals surface area contributed by atoms with Gasteiger partial charge in [0.05, 0.1) is 0 Å². The molecule has 3 rings (SSSR count). The minimum atomic E-state index is -1.14. The zero-order valence-corrected chi connectivity index (χ0v) is 24.4. The van der Waals surface area contributed by atoms with Gasteiger partial charge in [0.25, 0.3) is 11.8 Å². The Morgan fingerprint density at radius 2 is 1.65 bits per heavy atom. The average molecular weight is 542 g/mol. The number of anilines is 1. The van der Waals surface area contributed by atoms with E-state index in [1.807, 2.05) is 82.3 Å². The summed E-state index contributed by atoms with van der Waals surface area (Å²) in [6, 6.07) is 19.3. The first-order valence-electron chi connectivity index (χ1n) is 13.5. The second kappa shape index (κ2) is 12.7. The van der Waals surface area contributed by atoms with Gasteiger partial charge in [0.1, 0.15) is 17.7 Å². The van der Waals surface area contributed by atoms with E-state index < -0.39 is 35.6 Å². The number of terminal acetylenes is 1. The number of rotatable bonds is 8. The summed E-state index contributed by atoms with van der Waals surface area (Å²) < 4.78 is 5.41. The molecule has 3 aromatic rings. The molecule has 7 heteroatoms. The third kappa shape index (κ3) is 7.41. The van der Waals surface area contributed by atoms with Crippen molar-refractivity contribution in [3.63, 3.8) is 0 Å². The Hall–Kier alpha value is -4.31. The fraction of sp³-hybridized carbons (Fsp3) is 0.364. The van der Waals surface area contributed by atoms with E-state index in [2.05, 4.69) is 16.7 Å². The third-order valence-electron chi connectivity index (χ3n) is 6.90. The SMILES string of the molecule is C#CN(C(=O)C(NC(=O)OC(C)(C)C)C(C)CC)C(C(=O)Nc1ccc2ccccc2c1)c1ccc(C)c(C)c1.